The summed E-state index contributed by atoms with van der Waals surface area (Å²) in [5.41, 5.74) is 0. The third-order valence-corrected chi connectivity index (χ3v) is 3.55. The first-order chi connectivity index (χ1) is 8.15. The minimum Gasteiger partial charge on any atom is -0.394 e. The molecular formula is C13H25NO3. The molecule has 0 heterocycles. The second kappa shape index (κ2) is 7.67. The van der Waals surface area contributed by atoms with E-state index in [0.29, 0.717) is 19.8 Å². The van der Waals surface area contributed by atoms with Crippen molar-refractivity contribution in [3.8, 4) is 0 Å². The van der Waals surface area contributed by atoms with Crippen LogP contribution in [-0.2, 0) is 9.53 Å². The topological polar surface area (TPSA) is 49.8 Å². The Morgan fingerprint density at radius 3 is 2.53 bits per heavy atom. The molecule has 0 spiro atoms. The molecule has 4 nitrogen and oxygen atoms in total. The van der Waals surface area contributed by atoms with E-state index in [4.69, 9.17) is 9.84 Å². The molecule has 1 fully saturated rings. The van der Waals surface area contributed by atoms with Crippen molar-refractivity contribution in [2.75, 3.05) is 33.4 Å². The molecule has 1 N–H and O–H groups in total. The summed E-state index contributed by atoms with van der Waals surface area (Å²) >= 11 is 0. The predicted molar refractivity (Wildman–Crippen MR) is 66.7 cm³/mol. The lowest BCUT2D eigenvalue weighted by molar-refractivity contribution is -0.136. The standard InChI is InChI=1S/C13H25NO3/c1-11-3-5-12(6-4-11)13(16)14(2)7-9-17-10-8-15/h11-12,15H,3-10H2,1-2H3. The Morgan fingerprint density at radius 1 is 1.29 bits per heavy atom. The van der Waals surface area contributed by atoms with Crippen LogP contribution in [-0.4, -0.2) is 49.3 Å². The SMILES string of the molecule is CC1CCC(C(=O)N(C)CCOCCO)CC1. The Morgan fingerprint density at radius 2 is 1.94 bits per heavy atom. The van der Waals surface area contributed by atoms with E-state index >= 15 is 0 Å². The summed E-state index contributed by atoms with van der Waals surface area (Å²) in [4.78, 5) is 13.9. The van der Waals surface area contributed by atoms with Crippen LogP contribution >= 0.6 is 0 Å². The fraction of sp³-hybridized carbons (Fsp3) is 0.923. The lowest BCUT2D eigenvalue weighted by atomic mass is 9.82. The van der Waals surface area contributed by atoms with Crippen molar-refractivity contribution in [1.29, 1.82) is 0 Å². The van der Waals surface area contributed by atoms with Gasteiger partial charge in [-0.2, -0.15) is 0 Å². The number of ether oxygens (including phenoxy) is 1. The zero-order chi connectivity index (χ0) is 12.7. The van der Waals surface area contributed by atoms with Crippen molar-refractivity contribution in [2.24, 2.45) is 11.8 Å². The van der Waals surface area contributed by atoms with Gasteiger partial charge >= 0.3 is 0 Å². The zero-order valence-corrected chi connectivity index (χ0v) is 11.0. The van der Waals surface area contributed by atoms with Crippen LogP contribution in [0.2, 0.25) is 0 Å². The van der Waals surface area contributed by atoms with E-state index in [9.17, 15) is 4.79 Å². The number of likely N-dealkylation sites (N-methyl/N-ethyl adjacent to an activating group) is 1. The van der Waals surface area contributed by atoms with Crippen LogP contribution in [0, 0.1) is 11.8 Å². The van der Waals surface area contributed by atoms with Crippen molar-refractivity contribution in [3.63, 3.8) is 0 Å². The summed E-state index contributed by atoms with van der Waals surface area (Å²) in [6.45, 7) is 3.77. The van der Waals surface area contributed by atoms with Gasteiger partial charge in [0, 0.05) is 19.5 Å². The Hall–Kier alpha value is -0.610. The Kier molecular flexibility index (Phi) is 6.52. The first-order valence-corrected chi connectivity index (χ1v) is 6.58. The van der Waals surface area contributed by atoms with Crippen molar-refractivity contribution in [2.45, 2.75) is 32.6 Å². The van der Waals surface area contributed by atoms with E-state index in [-0.39, 0.29) is 18.4 Å². The maximum Gasteiger partial charge on any atom is 0.225 e. The van der Waals surface area contributed by atoms with Gasteiger partial charge in [0.2, 0.25) is 5.91 Å². The number of nitrogens with zero attached hydrogens (tertiary/aromatic N) is 1. The number of carbonyl (C=O) groups is 1. The molecule has 0 radical (unpaired) electrons. The molecule has 1 aliphatic carbocycles. The van der Waals surface area contributed by atoms with Crippen molar-refractivity contribution in [1.82, 2.24) is 4.90 Å². The Labute approximate surface area is 104 Å². The largest absolute Gasteiger partial charge is 0.394 e. The molecule has 0 saturated heterocycles. The Bertz CT molecular complexity index is 225. The van der Waals surface area contributed by atoms with Gasteiger partial charge in [-0.15, -0.1) is 0 Å². The maximum atomic E-state index is 12.1. The van der Waals surface area contributed by atoms with Crippen LogP contribution in [0.1, 0.15) is 32.6 Å². The minimum atomic E-state index is 0.0399. The summed E-state index contributed by atoms with van der Waals surface area (Å²) in [5, 5.41) is 8.56. The molecule has 0 unspecified atom stereocenters. The molecule has 1 saturated carbocycles. The van der Waals surface area contributed by atoms with Crippen molar-refractivity contribution in [3.05, 3.63) is 0 Å². The van der Waals surface area contributed by atoms with Crippen LogP contribution < -0.4 is 0 Å². The zero-order valence-electron chi connectivity index (χ0n) is 11.0. The summed E-state index contributed by atoms with van der Waals surface area (Å²) in [5.74, 6) is 1.25. The number of aliphatic hydroxyl groups excluding tert-OH is 1. The predicted octanol–water partition coefficient (Wildman–Crippen LogP) is 1.28. The van der Waals surface area contributed by atoms with Crippen LogP contribution in [0.25, 0.3) is 0 Å². The van der Waals surface area contributed by atoms with Gasteiger partial charge in [-0.25, -0.2) is 0 Å². The van der Waals surface area contributed by atoms with Gasteiger partial charge in [0.05, 0.1) is 19.8 Å². The number of aliphatic hydroxyl groups is 1. The minimum absolute atomic E-state index is 0.0399. The second-order valence-electron chi connectivity index (χ2n) is 5.05. The van der Waals surface area contributed by atoms with E-state index in [1.807, 2.05) is 7.05 Å². The highest BCUT2D eigenvalue weighted by molar-refractivity contribution is 5.78. The van der Waals surface area contributed by atoms with Crippen LogP contribution in [0.15, 0.2) is 0 Å². The number of rotatable bonds is 6. The third-order valence-electron chi connectivity index (χ3n) is 3.55. The average Bonchev–Trinajstić information content (AvgIpc) is 2.34. The number of carbonyl (C=O) groups excluding carboxylic acids is 1. The van der Waals surface area contributed by atoms with Crippen molar-refractivity contribution < 1.29 is 14.6 Å². The third kappa shape index (κ3) is 5.04. The van der Waals surface area contributed by atoms with Crippen LogP contribution in [0.4, 0.5) is 0 Å². The highest BCUT2D eigenvalue weighted by atomic mass is 16.5. The monoisotopic (exact) mass is 243 g/mol. The fourth-order valence-corrected chi connectivity index (χ4v) is 2.30. The Balaban J connectivity index is 2.21. The second-order valence-corrected chi connectivity index (χ2v) is 5.05. The summed E-state index contributed by atoms with van der Waals surface area (Å²) in [7, 11) is 1.84. The summed E-state index contributed by atoms with van der Waals surface area (Å²) in [6, 6.07) is 0. The van der Waals surface area contributed by atoms with Gasteiger partial charge in [0.25, 0.3) is 0 Å². The molecule has 0 atom stereocenters. The van der Waals surface area contributed by atoms with Gasteiger partial charge in [-0.1, -0.05) is 6.92 Å². The average molecular weight is 243 g/mol. The fourth-order valence-electron chi connectivity index (χ4n) is 2.30. The van der Waals surface area contributed by atoms with E-state index in [1.54, 1.807) is 4.90 Å². The molecule has 1 aliphatic rings. The highest BCUT2D eigenvalue weighted by Crippen LogP contribution is 2.29. The molecular weight excluding hydrogens is 218 g/mol. The molecule has 17 heavy (non-hydrogen) atoms. The molecule has 4 heteroatoms. The normalized spacial score (nSPS) is 24.6. The highest BCUT2D eigenvalue weighted by Gasteiger charge is 2.26. The molecule has 0 bridgehead atoms. The molecule has 1 rings (SSSR count). The van der Waals surface area contributed by atoms with Gasteiger partial charge in [0.15, 0.2) is 0 Å². The smallest absolute Gasteiger partial charge is 0.225 e. The van der Waals surface area contributed by atoms with Crippen molar-refractivity contribution >= 4 is 5.91 Å². The molecule has 1 amide bonds. The molecule has 0 aliphatic heterocycles. The number of amides is 1. The van der Waals surface area contributed by atoms with Gasteiger partial charge in [0.1, 0.15) is 0 Å². The van der Waals surface area contributed by atoms with E-state index < -0.39 is 0 Å². The lowest BCUT2D eigenvalue weighted by Crippen LogP contribution is -2.36. The maximum absolute atomic E-state index is 12.1. The van der Waals surface area contributed by atoms with Gasteiger partial charge in [-0.05, 0) is 31.6 Å². The summed E-state index contributed by atoms with van der Waals surface area (Å²) in [6.07, 6.45) is 4.40. The van der Waals surface area contributed by atoms with Crippen LogP contribution in [0.3, 0.4) is 0 Å². The number of hydrogen-bond acceptors (Lipinski definition) is 3. The first kappa shape index (κ1) is 14.5. The van der Waals surface area contributed by atoms with Gasteiger partial charge < -0.3 is 14.7 Å². The van der Waals surface area contributed by atoms with E-state index in [2.05, 4.69) is 6.92 Å². The molecule has 0 aromatic rings. The summed E-state index contributed by atoms with van der Waals surface area (Å²) < 4.78 is 5.16. The van der Waals surface area contributed by atoms with Gasteiger partial charge in [-0.3, -0.25) is 4.79 Å². The first-order valence-electron chi connectivity index (χ1n) is 6.58. The lowest BCUT2D eigenvalue weighted by Gasteiger charge is -2.29. The van der Waals surface area contributed by atoms with E-state index in [0.717, 1.165) is 18.8 Å². The van der Waals surface area contributed by atoms with Crippen LogP contribution in [0.5, 0.6) is 0 Å². The molecule has 0 aromatic carbocycles. The number of hydrogen-bond donors (Lipinski definition) is 1. The van der Waals surface area contributed by atoms with E-state index in [1.165, 1.54) is 12.8 Å². The molecule has 100 valence electrons. The quantitative estimate of drug-likeness (QED) is 0.715. The molecule has 0 aromatic heterocycles.